The smallest absolute Gasteiger partial charge is 0.251 e. The fraction of sp³-hybridized carbons (Fsp3) is 0.176. The van der Waals surface area contributed by atoms with Crippen LogP contribution in [0.25, 0.3) is 16.9 Å². The number of carbonyl (C=O) groups is 1. The average Bonchev–Trinajstić information content (AvgIpc) is 2.96. The zero-order valence-electron chi connectivity index (χ0n) is 11.9. The Kier molecular flexibility index (Phi) is 3.69. The van der Waals surface area contributed by atoms with Crippen LogP contribution >= 0.6 is 0 Å². The van der Waals surface area contributed by atoms with E-state index in [1.165, 1.54) is 0 Å². The summed E-state index contributed by atoms with van der Waals surface area (Å²) in [5.41, 5.74) is 3.39. The highest BCUT2D eigenvalue weighted by Crippen LogP contribution is 2.19. The molecular formula is C17H17N3O. The van der Waals surface area contributed by atoms with Crippen molar-refractivity contribution in [3.63, 3.8) is 0 Å². The van der Waals surface area contributed by atoms with E-state index in [9.17, 15) is 4.79 Å². The molecule has 2 aromatic heterocycles. The van der Waals surface area contributed by atoms with Gasteiger partial charge in [0.05, 0.1) is 5.69 Å². The number of aromatic nitrogens is 2. The van der Waals surface area contributed by atoms with E-state index in [-0.39, 0.29) is 5.91 Å². The van der Waals surface area contributed by atoms with Gasteiger partial charge in [-0.3, -0.25) is 4.79 Å². The highest BCUT2D eigenvalue weighted by atomic mass is 16.1. The Bertz CT molecular complexity index is 762. The van der Waals surface area contributed by atoms with Gasteiger partial charge in [-0.15, -0.1) is 0 Å². The highest BCUT2D eigenvalue weighted by Gasteiger charge is 2.08. The van der Waals surface area contributed by atoms with Gasteiger partial charge in [-0.2, -0.15) is 0 Å². The van der Waals surface area contributed by atoms with Gasteiger partial charge in [0.2, 0.25) is 0 Å². The van der Waals surface area contributed by atoms with Crippen molar-refractivity contribution in [2.45, 2.75) is 13.3 Å². The molecule has 0 spiro atoms. The lowest BCUT2D eigenvalue weighted by molar-refractivity contribution is 0.0953. The van der Waals surface area contributed by atoms with Crippen molar-refractivity contribution in [3.8, 4) is 11.3 Å². The molecule has 0 radical (unpaired) electrons. The molecule has 0 saturated carbocycles. The number of hydrogen-bond acceptors (Lipinski definition) is 2. The van der Waals surface area contributed by atoms with Gasteiger partial charge in [-0.05, 0) is 18.6 Å². The first-order valence-corrected chi connectivity index (χ1v) is 7.10. The Hall–Kier alpha value is -2.62. The molecule has 0 aliphatic rings. The van der Waals surface area contributed by atoms with E-state index in [4.69, 9.17) is 0 Å². The van der Waals surface area contributed by atoms with Crippen molar-refractivity contribution < 1.29 is 4.79 Å². The number of benzene rings is 1. The topological polar surface area (TPSA) is 46.4 Å². The first kappa shape index (κ1) is 13.4. The summed E-state index contributed by atoms with van der Waals surface area (Å²) in [5.74, 6) is -0.0522. The zero-order chi connectivity index (χ0) is 14.7. The van der Waals surface area contributed by atoms with E-state index >= 15 is 0 Å². The molecule has 106 valence electrons. The minimum absolute atomic E-state index is 0.0522. The van der Waals surface area contributed by atoms with Gasteiger partial charge in [0.1, 0.15) is 5.65 Å². The molecule has 0 fully saturated rings. The number of amides is 1. The van der Waals surface area contributed by atoms with Gasteiger partial charge >= 0.3 is 0 Å². The zero-order valence-corrected chi connectivity index (χ0v) is 11.9. The number of nitrogens with one attached hydrogen (secondary N) is 1. The number of fused-ring (bicyclic) bond motifs is 1. The summed E-state index contributed by atoms with van der Waals surface area (Å²) in [6.45, 7) is 2.72. The first-order valence-electron chi connectivity index (χ1n) is 7.10. The largest absolute Gasteiger partial charge is 0.352 e. The fourth-order valence-electron chi connectivity index (χ4n) is 2.21. The molecule has 1 N–H and O–H groups in total. The van der Waals surface area contributed by atoms with Gasteiger partial charge < -0.3 is 9.72 Å². The molecule has 3 rings (SSSR count). The van der Waals surface area contributed by atoms with E-state index in [0.29, 0.717) is 12.1 Å². The third kappa shape index (κ3) is 2.79. The van der Waals surface area contributed by atoms with Crippen LogP contribution in [0.5, 0.6) is 0 Å². The molecule has 0 unspecified atom stereocenters. The Labute approximate surface area is 123 Å². The van der Waals surface area contributed by atoms with E-state index < -0.39 is 0 Å². The second-order valence-electron chi connectivity index (χ2n) is 4.93. The average molecular weight is 279 g/mol. The van der Waals surface area contributed by atoms with E-state index in [0.717, 1.165) is 23.3 Å². The SMILES string of the molecule is CCCNC(=O)c1ccn2cc(-c3ccccc3)nc2c1. The molecule has 1 aromatic carbocycles. The van der Waals surface area contributed by atoms with Gasteiger partial charge in [0.25, 0.3) is 5.91 Å². The summed E-state index contributed by atoms with van der Waals surface area (Å²) in [6.07, 6.45) is 4.77. The maximum Gasteiger partial charge on any atom is 0.251 e. The fourth-order valence-corrected chi connectivity index (χ4v) is 2.21. The second kappa shape index (κ2) is 5.79. The number of rotatable bonds is 4. The Morgan fingerprint density at radius 1 is 1.24 bits per heavy atom. The van der Waals surface area contributed by atoms with Crippen LogP contribution in [0.4, 0.5) is 0 Å². The molecule has 1 amide bonds. The van der Waals surface area contributed by atoms with E-state index in [1.54, 1.807) is 0 Å². The van der Waals surface area contributed by atoms with Gasteiger partial charge in [-0.1, -0.05) is 37.3 Å². The van der Waals surface area contributed by atoms with Crippen molar-refractivity contribution in [1.82, 2.24) is 14.7 Å². The number of imidazole rings is 1. The Morgan fingerprint density at radius 3 is 2.81 bits per heavy atom. The monoisotopic (exact) mass is 279 g/mol. The summed E-state index contributed by atoms with van der Waals surface area (Å²) in [5, 5.41) is 2.88. The number of pyridine rings is 1. The lowest BCUT2D eigenvalue weighted by Crippen LogP contribution is -2.23. The molecule has 3 aromatic rings. The van der Waals surface area contributed by atoms with Crippen LogP contribution in [-0.2, 0) is 0 Å². The second-order valence-corrected chi connectivity index (χ2v) is 4.93. The van der Waals surface area contributed by atoms with Gasteiger partial charge in [0.15, 0.2) is 0 Å². The summed E-state index contributed by atoms with van der Waals surface area (Å²) >= 11 is 0. The van der Waals surface area contributed by atoms with Crippen molar-refractivity contribution in [3.05, 3.63) is 60.4 Å². The molecular weight excluding hydrogens is 262 g/mol. The summed E-state index contributed by atoms with van der Waals surface area (Å²) in [7, 11) is 0. The van der Waals surface area contributed by atoms with Crippen LogP contribution in [0.15, 0.2) is 54.9 Å². The van der Waals surface area contributed by atoms with Crippen LogP contribution in [0, 0.1) is 0 Å². The predicted molar refractivity (Wildman–Crippen MR) is 83.3 cm³/mol. The Morgan fingerprint density at radius 2 is 2.05 bits per heavy atom. The molecule has 21 heavy (non-hydrogen) atoms. The molecule has 4 nitrogen and oxygen atoms in total. The van der Waals surface area contributed by atoms with Crippen LogP contribution in [-0.4, -0.2) is 21.8 Å². The van der Waals surface area contributed by atoms with Crippen molar-refractivity contribution in [1.29, 1.82) is 0 Å². The van der Waals surface area contributed by atoms with Crippen LogP contribution in [0.1, 0.15) is 23.7 Å². The minimum Gasteiger partial charge on any atom is -0.352 e. The van der Waals surface area contributed by atoms with Crippen LogP contribution < -0.4 is 5.32 Å². The third-order valence-electron chi connectivity index (χ3n) is 3.33. The normalized spacial score (nSPS) is 10.7. The van der Waals surface area contributed by atoms with Crippen LogP contribution in [0.3, 0.4) is 0 Å². The molecule has 0 aliphatic heterocycles. The molecule has 0 aliphatic carbocycles. The minimum atomic E-state index is -0.0522. The molecule has 0 atom stereocenters. The van der Waals surface area contributed by atoms with Gasteiger partial charge in [-0.25, -0.2) is 4.98 Å². The molecule has 0 saturated heterocycles. The van der Waals surface area contributed by atoms with E-state index in [2.05, 4.69) is 10.3 Å². The maximum atomic E-state index is 12.0. The lowest BCUT2D eigenvalue weighted by atomic mass is 10.2. The molecule has 2 heterocycles. The number of hydrogen-bond donors (Lipinski definition) is 1. The molecule has 4 heteroatoms. The molecule has 0 bridgehead atoms. The Balaban J connectivity index is 1.94. The number of nitrogens with zero attached hydrogens (tertiary/aromatic N) is 2. The lowest BCUT2D eigenvalue weighted by Gasteiger charge is -2.03. The number of carbonyl (C=O) groups excluding carboxylic acids is 1. The maximum absolute atomic E-state index is 12.0. The predicted octanol–water partition coefficient (Wildman–Crippen LogP) is 3.14. The highest BCUT2D eigenvalue weighted by molar-refractivity contribution is 5.95. The first-order chi connectivity index (χ1) is 10.3. The third-order valence-corrected chi connectivity index (χ3v) is 3.33. The van der Waals surface area contributed by atoms with Crippen molar-refractivity contribution >= 4 is 11.6 Å². The summed E-state index contributed by atoms with van der Waals surface area (Å²) in [4.78, 5) is 16.6. The quantitative estimate of drug-likeness (QED) is 0.797. The standard InChI is InChI=1S/C17H17N3O/c1-2-9-18-17(21)14-8-10-20-12-15(19-16(20)11-14)13-6-4-3-5-7-13/h3-8,10-12H,2,9H2,1H3,(H,18,21). The van der Waals surface area contributed by atoms with E-state index in [1.807, 2.05) is 66.2 Å². The summed E-state index contributed by atoms with van der Waals surface area (Å²) < 4.78 is 1.93. The summed E-state index contributed by atoms with van der Waals surface area (Å²) in [6, 6.07) is 13.6. The van der Waals surface area contributed by atoms with Crippen molar-refractivity contribution in [2.75, 3.05) is 6.54 Å². The van der Waals surface area contributed by atoms with Gasteiger partial charge in [0, 0.05) is 30.1 Å². The van der Waals surface area contributed by atoms with Crippen LogP contribution in [0.2, 0.25) is 0 Å². The van der Waals surface area contributed by atoms with Crippen molar-refractivity contribution in [2.24, 2.45) is 0 Å².